The summed E-state index contributed by atoms with van der Waals surface area (Å²) in [5.41, 5.74) is 0.353. The number of aromatic hydroxyl groups is 1. The summed E-state index contributed by atoms with van der Waals surface area (Å²) in [7, 11) is 1.38. The van der Waals surface area contributed by atoms with Gasteiger partial charge in [0.2, 0.25) is 0 Å². The van der Waals surface area contributed by atoms with E-state index in [0.29, 0.717) is 5.56 Å². The maximum Gasteiger partial charge on any atom is 0.271 e. The first-order valence-electron chi connectivity index (χ1n) is 6.39. The first-order chi connectivity index (χ1) is 10.5. The number of amides is 1. The molecular weight excluding hydrogens is 288 g/mol. The van der Waals surface area contributed by atoms with Crippen molar-refractivity contribution in [2.45, 2.75) is 6.10 Å². The molecule has 7 heteroatoms. The maximum atomic E-state index is 12.3. The number of nitrogens with one attached hydrogen (secondary N) is 1. The average Bonchev–Trinajstić information content (AvgIpc) is 2.51. The van der Waals surface area contributed by atoms with Crippen LogP contribution in [-0.4, -0.2) is 23.0 Å². The third-order valence-electron chi connectivity index (χ3n) is 3.02. The fourth-order valence-electron chi connectivity index (χ4n) is 1.96. The molecule has 0 aromatic heterocycles. The van der Waals surface area contributed by atoms with Gasteiger partial charge in [-0.3, -0.25) is 14.9 Å². The highest BCUT2D eigenvalue weighted by Gasteiger charge is 2.21. The highest BCUT2D eigenvalue weighted by atomic mass is 16.6. The lowest BCUT2D eigenvalue weighted by molar-refractivity contribution is -0.384. The molecule has 0 saturated carbocycles. The highest BCUT2D eigenvalue weighted by Crippen LogP contribution is 2.29. The molecule has 1 atom stereocenters. The number of anilines is 1. The highest BCUT2D eigenvalue weighted by molar-refractivity contribution is 5.96. The zero-order valence-corrected chi connectivity index (χ0v) is 11.7. The molecule has 2 aromatic rings. The van der Waals surface area contributed by atoms with Crippen LogP contribution in [0.2, 0.25) is 0 Å². The maximum absolute atomic E-state index is 12.3. The number of phenolic OH excluding ortho intramolecular Hbond substituents is 1. The van der Waals surface area contributed by atoms with E-state index in [1.54, 1.807) is 30.3 Å². The summed E-state index contributed by atoms with van der Waals surface area (Å²) >= 11 is 0. The number of hydrogen-bond donors (Lipinski definition) is 2. The lowest BCUT2D eigenvalue weighted by Crippen LogP contribution is -2.22. The standard InChI is InChI=1S/C15H14N2O5/c1-22-14(10-5-3-2-4-6-10)15(19)16-12-9-11(17(20)21)7-8-13(12)18/h2-9,14,18H,1H3,(H,16,19)/t14-/m1/s1. The van der Waals surface area contributed by atoms with Crippen LogP contribution < -0.4 is 5.32 Å². The number of nitro benzene ring substituents is 1. The van der Waals surface area contributed by atoms with Gasteiger partial charge in [0.05, 0.1) is 10.6 Å². The normalized spacial score (nSPS) is 11.7. The largest absolute Gasteiger partial charge is 0.506 e. The molecule has 2 N–H and O–H groups in total. The predicted molar refractivity (Wildman–Crippen MR) is 79.6 cm³/mol. The van der Waals surface area contributed by atoms with Crippen LogP contribution in [0.3, 0.4) is 0 Å². The van der Waals surface area contributed by atoms with Crippen LogP contribution >= 0.6 is 0 Å². The zero-order chi connectivity index (χ0) is 16.1. The molecule has 0 aliphatic carbocycles. The minimum atomic E-state index is -0.889. The second kappa shape index (κ2) is 6.68. The van der Waals surface area contributed by atoms with Gasteiger partial charge in [0.25, 0.3) is 11.6 Å². The van der Waals surface area contributed by atoms with Crippen LogP contribution in [0, 0.1) is 10.1 Å². The number of benzene rings is 2. The predicted octanol–water partition coefficient (Wildman–Crippen LogP) is 2.63. The van der Waals surface area contributed by atoms with Gasteiger partial charge < -0.3 is 15.2 Å². The summed E-state index contributed by atoms with van der Waals surface area (Å²) in [6, 6.07) is 12.2. The van der Waals surface area contributed by atoms with Gasteiger partial charge in [0.1, 0.15) is 5.75 Å². The molecule has 1 amide bonds. The molecule has 0 unspecified atom stereocenters. The Kier molecular flexibility index (Phi) is 4.70. The van der Waals surface area contributed by atoms with Gasteiger partial charge >= 0.3 is 0 Å². The quantitative estimate of drug-likeness (QED) is 0.502. The number of rotatable bonds is 5. The van der Waals surface area contributed by atoms with E-state index in [1.165, 1.54) is 7.11 Å². The van der Waals surface area contributed by atoms with E-state index in [-0.39, 0.29) is 17.1 Å². The van der Waals surface area contributed by atoms with E-state index in [4.69, 9.17) is 4.74 Å². The fraction of sp³-hybridized carbons (Fsp3) is 0.133. The van der Waals surface area contributed by atoms with Crippen molar-refractivity contribution in [2.75, 3.05) is 12.4 Å². The molecule has 2 aromatic carbocycles. The number of methoxy groups -OCH3 is 1. The lowest BCUT2D eigenvalue weighted by atomic mass is 10.1. The molecule has 0 aliphatic heterocycles. The van der Waals surface area contributed by atoms with Crippen LogP contribution in [0.1, 0.15) is 11.7 Å². The second-order valence-electron chi connectivity index (χ2n) is 4.47. The number of hydrogen-bond acceptors (Lipinski definition) is 5. The number of nitro groups is 1. The summed E-state index contributed by atoms with van der Waals surface area (Å²) in [6.07, 6.45) is -0.889. The molecular formula is C15H14N2O5. The smallest absolute Gasteiger partial charge is 0.271 e. The summed E-state index contributed by atoms with van der Waals surface area (Å²) in [5.74, 6) is -0.800. The third kappa shape index (κ3) is 3.39. The first-order valence-corrected chi connectivity index (χ1v) is 6.39. The number of ether oxygens (including phenoxy) is 1. The first kappa shape index (κ1) is 15.5. The van der Waals surface area contributed by atoms with Crippen LogP contribution in [0.25, 0.3) is 0 Å². The number of nitrogens with zero attached hydrogens (tertiary/aromatic N) is 1. The van der Waals surface area contributed by atoms with Crippen molar-refractivity contribution in [2.24, 2.45) is 0 Å². The molecule has 0 aliphatic rings. The SMILES string of the molecule is CO[C@@H](C(=O)Nc1cc([N+](=O)[O-])ccc1O)c1ccccc1. The van der Waals surface area contributed by atoms with Gasteiger partial charge in [0, 0.05) is 19.2 Å². The Labute approximate surface area is 126 Å². The summed E-state index contributed by atoms with van der Waals surface area (Å²) < 4.78 is 5.16. The van der Waals surface area contributed by atoms with E-state index in [2.05, 4.69) is 5.32 Å². The molecule has 0 saturated heterocycles. The molecule has 0 heterocycles. The molecule has 0 fully saturated rings. The molecule has 2 rings (SSSR count). The number of carbonyl (C=O) groups excluding carboxylic acids is 1. The molecule has 114 valence electrons. The zero-order valence-electron chi connectivity index (χ0n) is 11.7. The van der Waals surface area contributed by atoms with Gasteiger partial charge in [-0.25, -0.2) is 0 Å². The Morgan fingerprint density at radius 1 is 1.27 bits per heavy atom. The monoisotopic (exact) mass is 302 g/mol. The Morgan fingerprint density at radius 2 is 1.95 bits per heavy atom. The number of carbonyl (C=O) groups is 1. The Morgan fingerprint density at radius 3 is 2.55 bits per heavy atom. The number of phenols is 1. The van der Waals surface area contributed by atoms with Crippen molar-refractivity contribution in [1.82, 2.24) is 0 Å². The molecule has 0 radical (unpaired) electrons. The van der Waals surface area contributed by atoms with Gasteiger partial charge in [-0.2, -0.15) is 0 Å². The van der Waals surface area contributed by atoms with Crippen LogP contribution in [0.15, 0.2) is 48.5 Å². The van der Waals surface area contributed by atoms with Crippen LogP contribution in [0.5, 0.6) is 5.75 Å². The van der Waals surface area contributed by atoms with Crippen molar-refractivity contribution in [3.63, 3.8) is 0 Å². The number of non-ortho nitro benzene ring substituents is 1. The van der Waals surface area contributed by atoms with Gasteiger partial charge in [-0.05, 0) is 11.6 Å². The Balaban J connectivity index is 2.24. The van der Waals surface area contributed by atoms with Gasteiger partial charge in [-0.1, -0.05) is 30.3 Å². The van der Waals surface area contributed by atoms with Gasteiger partial charge in [0.15, 0.2) is 6.10 Å². The minimum absolute atomic E-state index is 0.0443. The average molecular weight is 302 g/mol. The van der Waals surface area contributed by atoms with E-state index in [9.17, 15) is 20.0 Å². The van der Waals surface area contributed by atoms with Crippen LogP contribution in [0.4, 0.5) is 11.4 Å². The summed E-state index contributed by atoms with van der Waals surface area (Å²) in [4.78, 5) is 22.4. The lowest BCUT2D eigenvalue weighted by Gasteiger charge is -2.16. The van der Waals surface area contributed by atoms with Crippen molar-refractivity contribution < 1.29 is 19.6 Å². The van der Waals surface area contributed by atoms with E-state index in [0.717, 1.165) is 18.2 Å². The molecule has 0 spiro atoms. The van der Waals surface area contributed by atoms with E-state index < -0.39 is 16.9 Å². The summed E-state index contributed by atoms with van der Waals surface area (Å²) in [6.45, 7) is 0. The molecule has 0 bridgehead atoms. The minimum Gasteiger partial charge on any atom is -0.506 e. The van der Waals surface area contributed by atoms with E-state index in [1.807, 2.05) is 0 Å². The van der Waals surface area contributed by atoms with Crippen molar-refractivity contribution >= 4 is 17.3 Å². The Bertz CT molecular complexity index is 688. The topological polar surface area (TPSA) is 102 Å². The van der Waals surface area contributed by atoms with Crippen molar-refractivity contribution in [3.8, 4) is 5.75 Å². The Hall–Kier alpha value is -2.93. The molecule has 22 heavy (non-hydrogen) atoms. The third-order valence-corrected chi connectivity index (χ3v) is 3.02. The van der Waals surface area contributed by atoms with Gasteiger partial charge in [-0.15, -0.1) is 0 Å². The summed E-state index contributed by atoms with van der Waals surface area (Å²) in [5, 5.41) is 22.9. The van der Waals surface area contributed by atoms with Crippen LogP contribution in [-0.2, 0) is 9.53 Å². The molecule has 7 nitrogen and oxygen atoms in total. The van der Waals surface area contributed by atoms with Crippen molar-refractivity contribution in [1.29, 1.82) is 0 Å². The second-order valence-corrected chi connectivity index (χ2v) is 4.47. The van der Waals surface area contributed by atoms with Crippen molar-refractivity contribution in [3.05, 3.63) is 64.2 Å². The van der Waals surface area contributed by atoms with E-state index >= 15 is 0 Å². The fourth-order valence-corrected chi connectivity index (χ4v) is 1.96.